The lowest BCUT2D eigenvalue weighted by Crippen LogP contribution is -2.50. The van der Waals surface area contributed by atoms with E-state index in [1.54, 1.807) is 34.8 Å². The van der Waals surface area contributed by atoms with Crippen LogP contribution in [0.15, 0.2) is 35.2 Å². The normalized spacial score (nSPS) is 16.7. The van der Waals surface area contributed by atoms with Crippen LogP contribution in [0, 0.1) is 6.92 Å². The number of carbonyl (C=O) groups is 1. The predicted molar refractivity (Wildman–Crippen MR) is 122 cm³/mol. The second-order valence-electron chi connectivity index (χ2n) is 7.85. The van der Waals surface area contributed by atoms with Crippen molar-refractivity contribution >= 4 is 33.6 Å². The number of hydrogen-bond donors (Lipinski definition) is 0. The summed E-state index contributed by atoms with van der Waals surface area (Å²) in [5, 5.41) is 4.69. The maximum absolute atomic E-state index is 13.0. The van der Waals surface area contributed by atoms with Gasteiger partial charge in [0.1, 0.15) is 5.15 Å². The highest BCUT2D eigenvalue weighted by atomic mass is 35.5. The van der Waals surface area contributed by atoms with Crippen LogP contribution in [0.4, 0.5) is 0 Å². The van der Waals surface area contributed by atoms with E-state index in [4.69, 9.17) is 11.6 Å². The van der Waals surface area contributed by atoms with Crippen molar-refractivity contribution in [1.82, 2.24) is 19.0 Å². The molecular formula is C22H29ClN4O3S. The van der Waals surface area contributed by atoms with Crippen LogP contribution in [0.25, 0.3) is 6.08 Å². The van der Waals surface area contributed by atoms with Gasteiger partial charge in [-0.15, -0.1) is 0 Å². The number of rotatable bonds is 6. The summed E-state index contributed by atoms with van der Waals surface area (Å²) in [7, 11) is -1.83. The minimum atomic E-state index is -3.58. The molecule has 1 aliphatic rings. The Morgan fingerprint density at radius 3 is 2.32 bits per heavy atom. The molecule has 0 saturated carbocycles. The third kappa shape index (κ3) is 5.02. The fourth-order valence-electron chi connectivity index (χ4n) is 3.60. The van der Waals surface area contributed by atoms with Gasteiger partial charge >= 0.3 is 0 Å². The number of benzene rings is 1. The van der Waals surface area contributed by atoms with E-state index in [0.29, 0.717) is 34.6 Å². The molecule has 0 spiro atoms. The average Bonchev–Trinajstić information content (AvgIpc) is 3.02. The monoisotopic (exact) mass is 464 g/mol. The Kier molecular flexibility index (Phi) is 7.24. The molecule has 1 aliphatic heterocycles. The minimum Gasteiger partial charge on any atom is -0.337 e. The zero-order valence-electron chi connectivity index (χ0n) is 18.4. The summed E-state index contributed by atoms with van der Waals surface area (Å²) in [6, 6.07) is 7.13. The zero-order valence-corrected chi connectivity index (χ0v) is 19.9. The molecule has 168 valence electrons. The van der Waals surface area contributed by atoms with Gasteiger partial charge in [0, 0.05) is 44.9 Å². The number of amides is 1. The molecule has 1 unspecified atom stereocenters. The minimum absolute atomic E-state index is 0.172. The first kappa shape index (κ1) is 23.5. The predicted octanol–water partition coefficient (Wildman–Crippen LogP) is 3.44. The summed E-state index contributed by atoms with van der Waals surface area (Å²) in [5.41, 5.74) is 2.58. The maximum Gasteiger partial charge on any atom is 0.246 e. The molecule has 1 fully saturated rings. The summed E-state index contributed by atoms with van der Waals surface area (Å²) >= 11 is 6.20. The van der Waals surface area contributed by atoms with E-state index in [9.17, 15) is 13.2 Å². The highest BCUT2D eigenvalue weighted by molar-refractivity contribution is 7.89. The van der Waals surface area contributed by atoms with Crippen LogP contribution in [0.5, 0.6) is 0 Å². The van der Waals surface area contributed by atoms with Crippen LogP contribution in [-0.4, -0.2) is 59.5 Å². The number of aryl methyl sites for hydroxylation is 2. The molecule has 0 bridgehead atoms. The van der Waals surface area contributed by atoms with Crippen molar-refractivity contribution in [3.05, 3.63) is 52.3 Å². The van der Waals surface area contributed by atoms with Gasteiger partial charge in [0.2, 0.25) is 15.9 Å². The van der Waals surface area contributed by atoms with Gasteiger partial charge in [-0.1, -0.05) is 37.6 Å². The van der Waals surface area contributed by atoms with Crippen LogP contribution in [0.2, 0.25) is 5.15 Å². The van der Waals surface area contributed by atoms with Crippen LogP contribution >= 0.6 is 11.6 Å². The number of nitrogens with zero attached hydrogens (tertiary/aromatic N) is 4. The van der Waals surface area contributed by atoms with Crippen molar-refractivity contribution in [3.8, 4) is 0 Å². The van der Waals surface area contributed by atoms with Gasteiger partial charge in [0.25, 0.3) is 0 Å². The lowest BCUT2D eigenvalue weighted by atomic mass is 9.99. The first-order valence-corrected chi connectivity index (χ1v) is 12.2. The Balaban J connectivity index is 1.63. The molecule has 0 N–H and O–H groups in total. The van der Waals surface area contributed by atoms with Crippen LogP contribution < -0.4 is 0 Å². The van der Waals surface area contributed by atoms with Gasteiger partial charge < -0.3 is 4.90 Å². The number of aromatic nitrogens is 2. The van der Waals surface area contributed by atoms with E-state index >= 15 is 0 Å². The highest BCUT2D eigenvalue weighted by Crippen LogP contribution is 2.23. The molecule has 0 aliphatic carbocycles. The van der Waals surface area contributed by atoms with Gasteiger partial charge in [-0.05, 0) is 43.0 Å². The molecule has 9 heteroatoms. The largest absolute Gasteiger partial charge is 0.337 e. The van der Waals surface area contributed by atoms with Gasteiger partial charge in [0.15, 0.2) is 0 Å². The summed E-state index contributed by atoms with van der Waals surface area (Å²) < 4.78 is 29.0. The summed E-state index contributed by atoms with van der Waals surface area (Å²) in [5.74, 6) is 0.221. The van der Waals surface area contributed by atoms with E-state index in [2.05, 4.69) is 18.9 Å². The molecule has 1 aromatic carbocycles. The Morgan fingerprint density at radius 1 is 1.19 bits per heavy atom. The first-order chi connectivity index (χ1) is 14.6. The molecule has 1 amide bonds. The standard InChI is InChI=1S/C22H29ClN4O3S/c1-5-16(2)18-6-8-19(9-7-18)31(29,30)27-14-12-26(13-15-27)21(28)11-10-20-17(3)24-25(4)22(20)23/h6-11,16H,5,12-15H2,1-4H3/b11-10+. The van der Waals surface area contributed by atoms with Crippen molar-refractivity contribution in [3.63, 3.8) is 0 Å². The van der Waals surface area contributed by atoms with Crippen molar-refractivity contribution in [2.24, 2.45) is 7.05 Å². The van der Waals surface area contributed by atoms with E-state index in [-0.39, 0.29) is 19.0 Å². The third-order valence-corrected chi connectivity index (χ3v) is 8.20. The second-order valence-corrected chi connectivity index (χ2v) is 10.2. The number of hydrogen-bond acceptors (Lipinski definition) is 4. The zero-order chi connectivity index (χ0) is 22.8. The molecule has 3 rings (SSSR count). The average molecular weight is 465 g/mol. The first-order valence-electron chi connectivity index (χ1n) is 10.4. The number of piperazine rings is 1. The van der Waals surface area contributed by atoms with Crippen LogP contribution in [-0.2, 0) is 21.9 Å². The van der Waals surface area contributed by atoms with Crippen molar-refractivity contribution in [2.75, 3.05) is 26.2 Å². The Bertz CT molecular complexity index is 1070. The Morgan fingerprint density at radius 2 is 1.81 bits per heavy atom. The Labute approximate surface area is 189 Å². The van der Waals surface area contributed by atoms with Crippen LogP contribution in [0.1, 0.15) is 43.0 Å². The van der Waals surface area contributed by atoms with E-state index in [0.717, 1.165) is 17.7 Å². The molecule has 1 saturated heterocycles. The molecule has 31 heavy (non-hydrogen) atoms. The van der Waals surface area contributed by atoms with Crippen molar-refractivity contribution in [2.45, 2.75) is 38.0 Å². The molecule has 1 aromatic heterocycles. The third-order valence-electron chi connectivity index (χ3n) is 5.84. The van der Waals surface area contributed by atoms with Crippen molar-refractivity contribution in [1.29, 1.82) is 0 Å². The second kappa shape index (κ2) is 9.54. The summed E-state index contributed by atoms with van der Waals surface area (Å²) in [6.45, 7) is 7.27. The van der Waals surface area contributed by atoms with E-state index in [1.165, 1.54) is 10.4 Å². The molecule has 0 radical (unpaired) electrons. The quantitative estimate of drug-likeness (QED) is 0.613. The summed E-state index contributed by atoms with van der Waals surface area (Å²) in [4.78, 5) is 14.5. The Hall–Kier alpha value is -2.16. The maximum atomic E-state index is 13.0. The van der Waals surface area contributed by atoms with E-state index < -0.39 is 10.0 Å². The highest BCUT2D eigenvalue weighted by Gasteiger charge is 2.29. The fraction of sp³-hybridized carbons (Fsp3) is 0.455. The number of sulfonamides is 1. The van der Waals surface area contributed by atoms with Crippen LogP contribution in [0.3, 0.4) is 0 Å². The lowest BCUT2D eigenvalue weighted by Gasteiger charge is -2.33. The molecular weight excluding hydrogens is 436 g/mol. The molecule has 7 nitrogen and oxygen atoms in total. The van der Waals surface area contributed by atoms with Gasteiger partial charge in [0.05, 0.1) is 10.6 Å². The summed E-state index contributed by atoms with van der Waals surface area (Å²) in [6.07, 6.45) is 4.13. The van der Waals surface area contributed by atoms with Gasteiger partial charge in [-0.25, -0.2) is 8.42 Å². The molecule has 1 atom stereocenters. The number of halogens is 1. The molecule has 2 aromatic rings. The molecule has 2 heterocycles. The SMILES string of the molecule is CCC(C)c1ccc(S(=O)(=O)N2CCN(C(=O)/C=C/c3c(C)nn(C)c3Cl)CC2)cc1. The van der Waals surface area contributed by atoms with Gasteiger partial charge in [-0.3, -0.25) is 9.48 Å². The van der Waals surface area contributed by atoms with Gasteiger partial charge in [-0.2, -0.15) is 9.40 Å². The van der Waals surface area contributed by atoms with Crippen molar-refractivity contribution < 1.29 is 13.2 Å². The topological polar surface area (TPSA) is 75.5 Å². The smallest absolute Gasteiger partial charge is 0.246 e. The fourth-order valence-corrected chi connectivity index (χ4v) is 5.26. The lowest BCUT2D eigenvalue weighted by molar-refractivity contribution is -0.127. The van der Waals surface area contributed by atoms with E-state index in [1.807, 2.05) is 19.1 Å². The number of carbonyl (C=O) groups excluding carboxylic acids is 1.